The maximum atomic E-state index is 4.78. The minimum absolute atomic E-state index is 0.655. The van der Waals surface area contributed by atoms with Crippen molar-refractivity contribution >= 4 is 17.8 Å². The second-order valence-corrected chi connectivity index (χ2v) is 8.33. The summed E-state index contributed by atoms with van der Waals surface area (Å²) >= 11 is 0. The number of benzene rings is 1. The van der Waals surface area contributed by atoms with E-state index in [1.807, 2.05) is 36.1 Å². The number of hydrogen-bond acceptors (Lipinski definition) is 4. The average Bonchev–Trinajstić information content (AvgIpc) is 3.27. The largest absolute Gasteiger partial charge is 0.317 e. The number of nitrogens with one attached hydrogen (secondary N) is 1. The van der Waals surface area contributed by atoms with Crippen LogP contribution in [0.15, 0.2) is 62.1 Å². The van der Waals surface area contributed by atoms with Crippen LogP contribution in [-0.4, -0.2) is 32.7 Å². The second kappa shape index (κ2) is 8.52. The molecule has 0 saturated carbocycles. The number of fused-ring (bicyclic) bond motifs is 1. The van der Waals surface area contributed by atoms with E-state index in [4.69, 9.17) is 4.98 Å². The molecule has 0 spiro atoms. The van der Waals surface area contributed by atoms with Crippen LogP contribution < -0.4 is 5.32 Å². The molecule has 32 heavy (non-hydrogen) atoms. The molecular formula is C27H27N5. The molecule has 0 aliphatic carbocycles. The summed E-state index contributed by atoms with van der Waals surface area (Å²) in [6, 6.07) is 11.0. The van der Waals surface area contributed by atoms with E-state index in [9.17, 15) is 0 Å². The van der Waals surface area contributed by atoms with E-state index >= 15 is 0 Å². The van der Waals surface area contributed by atoms with Gasteiger partial charge in [0.15, 0.2) is 5.65 Å². The fraction of sp³-hybridized carbons (Fsp3) is 0.222. The van der Waals surface area contributed by atoms with Crippen molar-refractivity contribution in [3.63, 3.8) is 0 Å². The lowest BCUT2D eigenvalue weighted by Gasteiger charge is -2.23. The zero-order valence-corrected chi connectivity index (χ0v) is 18.4. The van der Waals surface area contributed by atoms with Crippen LogP contribution in [0.4, 0.5) is 0 Å². The van der Waals surface area contributed by atoms with E-state index in [0.717, 1.165) is 57.9 Å². The third kappa shape index (κ3) is 3.65. The fourth-order valence-corrected chi connectivity index (χ4v) is 4.62. The third-order valence-electron chi connectivity index (χ3n) is 6.31. The average molecular weight is 422 g/mol. The molecule has 160 valence electrons. The number of pyridine rings is 1. The molecule has 5 heteroatoms. The maximum absolute atomic E-state index is 4.78. The SMILES string of the molecule is C=Cc1nc(C)cc(-c2cnn3cc(-c4ccc(C5CCNCC5)cc4)cnc23)c1C=C. The van der Waals surface area contributed by atoms with E-state index in [-0.39, 0.29) is 0 Å². The zero-order valence-electron chi connectivity index (χ0n) is 18.4. The molecule has 1 aliphatic rings. The van der Waals surface area contributed by atoms with E-state index in [0.29, 0.717) is 5.92 Å². The summed E-state index contributed by atoms with van der Waals surface area (Å²) in [5, 5.41) is 8.04. The predicted molar refractivity (Wildman–Crippen MR) is 131 cm³/mol. The smallest absolute Gasteiger partial charge is 0.162 e. The van der Waals surface area contributed by atoms with Crippen molar-refractivity contribution in [2.75, 3.05) is 13.1 Å². The highest BCUT2D eigenvalue weighted by Gasteiger charge is 2.17. The highest BCUT2D eigenvalue weighted by atomic mass is 15.2. The monoisotopic (exact) mass is 421 g/mol. The van der Waals surface area contributed by atoms with E-state index < -0.39 is 0 Å². The van der Waals surface area contributed by atoms with Crippen molar-refractivity contribution in [3.05, 3.63) is 84.6 Å². The molecule has 1 aromatic carbocycles. The van der Waals surface area contributed by atoms with Crippen LogP contribution in [0.5, 0.6) is 0 Å². The number of aromatic nitrogens is 4. The molecule has 4 heterocycles. The Labute approximate surface area is 188 Å². The van der Waals surface area contributed by atoms with Gasteiger partial charge in [0.05, 0.1) is 11.9 Å². The van der Waals surface area contributed by atoms with Gasteiger partial charge in [-0.1, -0.05) is 43.5 Å². The summed E-state index contributed by atoms with van der Waals surface area (Å²) in [4.78, 5) is 9.35. The first-order chi connectivity index (χ1) is 15.7. The quantitative estimate of drug-likeness (QED) is 0.461. The van der Waals surface area contributed by atoms with Gasteiger partial charge in [-0.3, -0.25) is 4.98 Å². The Morgan fingerprint density at radius 2 is 1.78 bits per heavy atom. The number of aryl methyl sites for hydroxylation is 1. The molecule has 1 fully saturated rings. The van der Waals surface area contributed by atoms with Crippen molar-refractivity contribution in [2.45, 2.75) is 25.7 Å². The topological polar surface area (TPSA) is 55.1 Å². The van der Waals surface area contributed by atoms with E-state index in [2.05, 4.69) is 58.9 Å². The minimum Gasteiger partial charge on any atom is -0.317 e. The summed E-state index contributed by atoms with van der Waals surface area (Å²) in [6.07, 6.45) is 11.8. The highest BCUT2D eigenvalue weighted by Crippen LogP contribution is 2.32. The molecule has 0 atom stereocenters. The van der Waals surface area contributed by atoms with Crippen LogP contribution in [0.1, 0.15) is 41.3 Å². The van der Waals surface area contributed by atoms with Crippen LogP contribution in [0.25, 0.3) is 40.1 Å². The maximum Gasteiger partial charge on any atom is 0.162 e. The highest BCUT2D eigenvalue weighted by molar-refractivity contribution is 5.86. The van der Waals surface area contributed by atoms with Crippen molar-refractivity contribution < 1.29 is 0 Å². The van der Waals surface area contributed by atoms with Crippen molar-refractivity contribution in [3.8, 4) is 22.3 Å². The van der Waals surface area contributed by atoms with Crippen LogP contribution >= 0.6 is 0 Å². The zero-order chi connectivity index (χ0) is 22.1. The first-order valence-electron chi connectivity index (χ1n) is 11.1. The van der Waals surface area contributed by atoms with Gasteiger partial charge >= 0.3 is 0 Å². The molecule has 0 unspecified atom stereocenters. The predicted octanol–water partition coefficient (Wildman–Crippen LogP) is 5.52. The van der Waals surface area contributed by atoms with Crippen LogP contribution in [-0.2, 0) is 0 Å². The van der Waals surface area contributed by atoms with Gasteiger partial charge in [-0.05, 0) is 67.6 Å². The number of nitrogens with zero attached hydrogens (tertiary/aromatic N) is 4. The van der Waals surface area contributed by atoms with Crippen LogP contribution in [0, 0.1) is 6.92 Å². The summed E-state index contributed by atoms with van der Waals surface area (Å²) in [5.74, 6) is 0.655. The summed E-state index contributed by atoms with van der Waals surface area (Å²) in [6.45, 7) is 12.1. The Kier molecular flexibility index (Phi) is 5.41. The van der Waals surface area contributed by atoms with Gasteiger partial charge in [-0.25, -0.2) is 9.50 Å². The standard InChI is InChI=1S/C27H27N5/c1-4-23-24(14-18(3)31-26(23)5-2)25-16-30-32-17-22(15-29-27(25)32)20-8-6-19(7-9-20)21-10-12-28-13-11-21/h4-9,14-17,21,28H,1-2,10-13H2,3H3. The van der Waals surface area contributed by atoms with Gasteiger partial charge in [0.2, 0.25) is 0 Å². The molecule has 5 rings (SSSR count). The van der Waals surface area contributed by atoms with E-state index in [1.54, 1.807) is 6.08 Å². The lowest BCUT2D eigenvalue weighted by molar-refractivity contribution is 0.460. The number of piperidine rings is 1. The van der Waals surface area contributed by atoms with Crippen molar-refractivity contribution in [2.24, 2.45) is 0 Å². The lowest BCUT2D eigenvalue weighted by atomic mass is 9.89. The van der Waals surface area contributed by atoms with Crippen LogP contribution in [0.3, 0.4) is 0 Å². The second-order valence-electron chi connectivity index (χ2n) is 8.33. The molecule has 4 aromatic rings. The minimum atomic E-state index is 0.655. The van der Waals surface area contributed by atoms with Gasteiger partial charge in [0.1, 0.15) is 0 Å². The first-order valence-corrected chi connectivity index (χ1v) is 11.1. The van der Waals surface area contributed by atoms with Gasteiger partial charge in [-0.2, -0.15) is 5.10 Å². The Balaban J connectivity index is 1.51. The Hall–Kier alpha value is -3.57. The fourth-order valence-electron chi connectivity index (χ4n) is 4.62. The molecular weight excluding hydrogens is 394 g/mol. The molecule has 5 nitrogen and oxygen atoms in total. The lowest BCUT2D eigenvalue weighted by Crippen LogP contribution is -2.26. The molecule has 1 N–H and O–H groups in total. The van der Waals surface area contributed by atoms with Crippen molar-refractivity contribution in [1.29, 1.82) is 0 Å². The summed E-state index contributed by atoms with van der Waals surface area (Å²) in [5.41, 5.74) is 9.09. The summed E-state index contributed by atoms with van der Waals surface area (Å²) < 4.78 is 1.85. The Morgan fingerprint density at radius 3 is 2.50 bits per heavy atom. The molecule has 0 radical (unpaired) electrons. The Morgan fingerprint density at radius 1 is 1.00 bits per heavy atom. The van der Waals surface area contributed by atoms with Gasteiger partial charge < -0.3 is 5.32 Å². The molecule has 0 bridgehead atoms. The molecule has 1 aliphatic heterocycles. The summed E-state index contributed by atoms with van der Waals surface area (Å²) in [7, 11) is 0. The normalized spacial score (nSPS) is 14.5. The molecule has 1 saturated heterocycles. The van der Waals surface area contributed by atoms with Gasteiger partial charge in [0, 0.05) is 34.8 Å². The Bertz CT molecular complexity index is 1290. The van der Waals surface area contributed by atoms with Gasteiger partial charge in [0.25, 0.3) is 0 Å². The third-order valence-corrected chi connectivity index (χ3v) is 6.31. The van der Waals surface area contributed by atoms with E-state index in [1.165, 1.54) is 18.4 Å². The number of hydrogen-bond donors (Lipinski definition) is 1. The first kappa shape index (κ1) is 20.3. The van der Waals surface area contributed by atoms with Crippen LogP contribution in [0.2, 0.25) is 0 Å². The molecule has 3 aromatic heterocycles. The molecule has 0 amide bonds. The van der Waals surface area contributed by atoms with Crippen molar-refractivity contribution in [1.82, 2.24) is 24.9 Å². The number of rotatable bonds is 5. The van der Waals surface area contributed by atoms with Gasteiger partial charge in [-0.15, -0.1) is 0 Å².